The van der Waals surface area contributed by atoms with E-state index in [-0.39, 0.29) is 31.9 Å². The fourth-order valence-electron chi connectivity index (χ4n) is 8.92. The molecule has 4 N–H and O–H groups in total. The number of anilines is 4. The fourth-order valence-corrected chi connectivity index (χ4v) is 8.92. The van der Waals surface area contributed by atoms with Gasteiger partial charge in [-0.15, -0.1) is 0 Å². The summed E-state index contributed by atoms with van der Waals surface area (Å²) in [6.07, 6.45) is 0.816. The molecule has 0 spiro atoms. The smallest absolute Gasteiger partial charge is 0.326 e. The second kappa shape index (κ2) is 24.1. The summed E-state index contributed by atoms with van der Waals surface area (Å²) in [6.45, 7) is -1.18. The molecule has 0 aromatic heterocycles. The molecule has 3 unspecified atom stereocenters. The van der Waals surface area contributed by atoms with E-state index in [4.69, 9.17) is 9.84 Å². The first-order chi connectivity index (χ1) is 36.9. The first-order valence-corrected chi connectivity index (χ1v) is 23.8. The molecule has 7 amide bonds. The number of fused-ring (bicyclic) bond motifs is 4. The van der Waals surface area contributed by atoms with Gasteiger partial charge in [-0.2, -0.15) is 0 Å². The van der Waals surface area contributed by atoms with Crippen LogP contribution in [0.15, 0.2) is 164 Å². The number of rotatable bonds is 16. The van der Waals surface area contributed by atoms with E-state index in [1.165, 1.54) is 14.7 Å². The highest BCUT2D eigenvalue weighted by molar-refractivity contribution is 6.13. The summed E-state index contributed by atoms with van der Waals surface area (Å²) in [7, 11) is 0. The molecular weight excluding hydrogens is 975 g/mol. The zero-order valence-corrected chi connectivity index (χ0v) is 40.5. The first kappa shape index (κ1) is 52.3. The number of amides is 7. The Bertz CT molecular complexity index is 3360. The average Bonchev–Trinajstić information content (AvgIpc) is 3.63. The highest BCUT2D eigenvalue weighted by Crippen LogP contribution is 2.34. The molecule has 2 aliphatic heterocycles. The summed E-state index contributed by atoms with van der Waals surface area (Å²) >= 11 is 0. The Morgan fingerprint density at radius 1 is 0.553 bits per heavy atom. The molecule has 2 aliphatic rings. The number of nitrogens with zero attached hydrogens (tertiary/aromatic N) is 4. The normalized spacial score (nSPS) is 15.3. The highest BCUT2D eigenvalue weighted by Gasteiger charge is 2.38. The van der Waals surface area contributed by atoms with Crippen molar-refractivity contribution in [3.05, 3.63) is 180 Å². The van der Waals surface area contributed by atoms with Crippen LogP contribution in [0.3, 0.4) is 0 Å². The lowest BCUT2D eigenvalue weighted by Gasteiger charge is -2.25. The van der Waals surface area contributed by atoms with Crippen molar-refractivity contribution in [1.82, 2.24) is 16.0 Å². The Morgan fingerprint density at radius 2 is 0.987 bits per heavy atom. The number of para-hydroxylation sites is 4. The van der Waals surface area contributed by atoms with Crippen LogP contribution in [-0.2, 0) is 49.7 Å². The largest absolute Gasteiger partial charge is 0.481 e. The number of benzene rings is 7. The maximum Gasteiger partial charge on any atom is 0.326 e. The third kappa shape index (κ3) is 12.1. The Kier molecular flexibility index (Phi) is 16.6. The molecule has 7 aromatic rings. The summed E-state index contributed by atoms with van der Waals surface area (Å²) in [5.74, 6) is -4.86. The van der Waals surface area contributed by atoms with Crippen molar-refractivity contribution < 1.29 is 57.8 Å². The van der Waals surface area contributed by atoms with Crippen LogP contribution in [0.25, 0.3) is 21.5 Å². The number of carboxylic acids is 1. The van der Waals surface area contributed by atoms with Gasteiger partial charge in [-0.1, -0.05) is 127 Å². The Balaban J connectivity index is 0.000000201. The molecule has 19 nitrogen and oxygen atoms in total. The van der Waals surface area contributed by atoms with Crippen molar-refractivity contribution in [3.8, 4) is 0 Å². The quantitative estimate of drug-likeness (QED) is 0.0753. The number of esters is 1. The van der Waals surface area contributed by atoms with Gasteiger partial charge in [0.15, 0.2) is 0 Å². The minimum Gasteiger partial charge on any atom is -0.481 e. The lowest BCUT2D eigenvalue weighted by atomic mass is 10.0. The van der Waals surface area contributed by atoms with Crippen LogP contribution >= 0.6 is 0 Å². The third-order valence-corrected chi connectivity index (χ3v) is 12.5. The maximum atomic E-state index is 13.8. The standard InChI is InChI=1S/C30H25N3O5.C27H24N4O7/c34-20-32-17-25(31-29(36)24-14-8-12-22-11-4-5-13-23(22)24)30(37)33(27-16-7-6-15-26(27)32)18-28(35)38-19-21-9-2-1-3-10-21;32-15-18(12-25(35)36)28-24(34)14-31-23-11-4-3-10-22(23)30(16-33)13-21(27(31)38)29-26(37)20-9-5-7-17-6-1-2-8-19(17)20/h1-16,20,25H,17-19H2,(H,31,36);1-11,15-16,18,21H,12-14H2,(H,28,34)(H,29,37)(H,35,36). The van der Waals surface area contributed by atoms with E-state index in [0.29, 0.717) is 52.7 Å². The van der Waals surface area contributed by atoms with E-state index >= 15 is 0 Å². The minimum absolute atomic E-state index is 0.0606. The van der Waals surface area contributed by atoms with Gasteiger partial charge in [0.2, 0.25) is 18.7 Å². The van der Waals surface area contributed by atoms with Crippen molar-refractivity contribution in [2.24, 2.45) is 0 Å². The predicted octanol–water partition coefficient (Wildman–Crippen LogP) is 4.80. The van der Waals surface area contributed by atoms with Crippen molar-refractivity contribution in [1.29, 1.82) is 0 Å². The molecule has 19 heteroatoms. The van der Waals surface area contributed by atoms with Crippen LogP contribution in [0, 0.1) is 0 Å². The number of hydrogen-bond acceptors (Lipinski definition) is 11. The monoisotopic (exact) mass is 1020 g/mol. The van der Waals surface area contributed by atoms with Crippen LogP contribution in [0.1, 0.15) is 32.7 Å². The molecule has 0 saturated heterocycles. The number of ether oxygens (including phenoxy) is 1. The van der Waals surface area contributed by atoms with Crippen molar-refractivity contribution >= 4 is 105 Å². The van der Waals surface area contributed by atoms with E-state index in [0.717, 1.165) is 26.6 Å². The molecule has 0 radical (unpaired) electrons. The van der Waals surface area contributed by atoms with E-state index < -0.39 is 72.6 Å². The number of carbonyl (C=O) groups is 10. The zero-order chi connectivity index (χ0) is 53.7. The van der Waals surface area contributed by atoms with Gasteiger partial charge in [-0.25, -0.2) is 0 Å². The van der Waals surface area contributed by atoms with Gasteiger partial charge in [0.25, 0.3) is 23.6 Å². The third-order valence-electron chi connectivity index (χ3n) is 12.5. The molecule has 0 aliphatic carbocycles. The van der Waals surface area contributed by atoms with Gasteiger partial charge in [-0.3, -0.25) is 53.0 Å². The summed E-state index contributed by atoms with van der Waals surface area (Å²) in [4.78, 5) is 131. The van der Waals surface area contributed by atoms with Gasteiger partial charge in [0.1, 0.15) is 38.1 Å². The number of aliphatic carboxylic acids is 1. The maximum absolute atomic E-state index is 13.8. The molecule has 384 valence electrons. The number of carboxylic acid groups (broad SMARTS) is 1. The lowest BCUT2D eigenvalue weighted by molar-refractivity contribution is -0.144. The second-order valence-corrected chi connectivity index (χ2v) is 17.5. The highest BCUT2D eigenvalue weighted by atomic mass is 16.5. The average molecular weight is 1020 g/mol. The first-order valence-electron chi connectivity index (χ1n) is 23.8. The summed E-state index contributed by atoms with van der Waals surface area (Å²) < 4.78 is 5.42. The van der Waals surface area contributed by atoms with Crippen LogP contribution in [0.4, 0.5) is 22.7 Å². The van der Waals surface area contributed by atoms with Crippen molar-refractivity contribution in [2.45, 2.75) is 31.2 Å². The Morgan fingerprint density at radius 3 is 1.46 bits per heavy atom. The van der Waals surface area contributed by atoms with Crippen LogP contribution in [0.5, 0.6) is 0 Å². The van der Waals surface area contributed by atoms with E-state index in [2.05, 4.69) is 16.0 Å². The molecule has 3 atom stereocenters. The Hall–Kier alpha value is -10.0. The zero-order valence-electron chi connectivity index (χ0n) is 40.5. The van der Waals surface area contributed by atoms with E-state index in [1.54, 1.807) is 84.9 Å². The van der Waals surface area contributed by atoms with E-state index in [9.17, 15) is 47.9 Å². The second-order valence-electron chi connectivity index (χ2n) is 17.5. The number of aldehydes is 1. The summed E-state index contributed by atoms with van der Waals surface area (Å²) in [5.41, 5.74) is 2.96. The van der Waals surface area contributed by atoms with Gasteiger partial charge in [-0.05, 0) is 63.5 Å². The predicted molar refractivity (Wildman–Crippen MR) is 281 cm³/mol. The van der Waals surface area contributed by atoms with Crippen LogP contribution in [-0.4, -0.2) is 110 Å². The van der Waals surface area contributed by atoms with Crippen LogP contribution in [0.2, 0.25) is 0 Å². The molecule has 7 aromatic carbocycles. The number of hydrogen-bond donors (Lipinski definition) is 4. The number of carbonyl (C=O) groups excluding carboxylic acids is 9. The molecule has 0 saturated carbocycles. The number of nitrogens with one attached hydrogen (secondary N) is 3. The molecule has 9 rings (SSSR count). The van der Waals surface area contributed by atoms with Crippen molar-refractivity contribution in [3.63, 3.8) is 0 Å². The van der Waals surface area contributed by atoms with Gasteiger partial charge < -0.3 is 40.4 Å². The molecule has 2 heterocycles. The molecule has 0 fully saturated rings. The van der Waals surface area contributed by atoms with Crippen LogP contribution < -0.4 is 35.6 Å². The lowest BCUT2D eigenvalue weighted by Crippen LogP contribution is -2.54. The van der Waals surface area contributed by atoms with Gasteiger partial charge in [0, 0.05) is 11.1 Å². The van der Waals surface area contributed by atoms with Crippen molar-refractivity contribution in [2.75, 3.05) is 45.8 Å². The van der Waals surface area contributed by atoms with Gasteiger partial charge >= 0.3 is 11.9 Å². The molecule has 0 bridgehead atoms. The van der Waals surface area contributed by atoms with E-state index in [1.807, 2.05) is 78.9 Å². The minimum atomic E-state index is -1.29. The molecular formula is C57H49N7O12. The fraction of sp³-hybridized carbons (Fsp3) is 0.158. The molecule has 76 heavy (non-hydrogen) atoms. The summed E-state index contributed by atoms with van der Waals surface area (Å²) in [6, 6.07) is 44.1. The topological polar surface area (TPSA) is 249 Å². The SMILES string of the molecule is O=CC(CC(=O)O)NC(=O)CN1C(=O)C(NC(=O)c2cccc3ccccc23)CN(C=O)c2ccccc21.O=CN1CC(NC(=O)c2cccc3ccccc23)C(=O)N(CC(=O)OCc2ccccc2)c2ccccc21. The Labute approximate surface area is 434 Å². The summed E-state index contributed by atoms with van der Waals surface area (Å²) in [5, 5.41) is 19.9. The van der Waals surface area contributed by atoms with Gasteiger partial charge in [0.05, 0.1) is 48.3 Å².